The van der Waals surface area contributed by atoms with Crippen LogP contribution >= 0.6 is 11.8 Å². The molecule has 0 aromatic heterocycles. The van der Waals surface area contributed by atoms with Gasteiger partial charge in [0, 0.05) is 11.7 Å². The van der Waals surface area contributed by atoms with E-state index in [-0.39, 0.29) is 35.2 Å². The molecule has 1 N–H and O–H groups in total. The first-order chi connectivity index (χ1) is 11.6. The molecule has 0 spiro atoms. The molecule has 3 unspecified atom stereocenters. The van der Waals surface area contributed by atoms with Gasteiger partial charge in [-0.1, -0.05) is 43.7 Å². The van der Waals surface area contributed by atoms with Crippen molar-refractivity contribution >= 4 is 23.6 Å². The normalized spacial score (nSPS) is 24.7. The predicted molar refractivity (Wildman–Crippen MR) is 97.5 cm³/mol. The van der Waals surface area contributed by atoms with Crippen LogP contribution in [0.4, 0.5) is 0 Å². The number of carbonyl (C=O) groups is 2. The van der Waals surface area contributed by atoms with Gasteiger partial charge in [0.1, 0.15) is 6.04 Å². The fourth-order valence-electron chi connectivity index (χ4n) is 3.21. The third kappa shape index (κ3) is 3.77. The summed E-state index contributed by atoms with van der Waals surface area (Å²) in [6.45, 7) is 4.12. The number of rotatable bonds is 6. The SMILES string of the molecule is CCCC1SCC(C(=O)NC(C)c2ccccc2)N1C(=O)C1CC1. The molecule has 1 aromatic carbocycles. The van der Waals surface area contributed by atoms with Crippen molar-refractivity contribution in [3.63, 3.8) is 0 Å². The molecule has 2 fully saturated rings. The standard InChI is InChI=1S/C19H26N2O2S/c1-3-7-17-21(19(23)15-10-11-15)16(12-24-17)18(22)20-13(2)14-8-5-4-6-9-14/h4-6,8-9,13,15-17H,3,7,10-12H2,1-2H3,(H,20,22). The topological polar surface area (TPSA) is 49.4 Å². The number of thioether (sulfide) groups is 1. The Hall–Kier alpha value is -1.49. The first-order valence-corrected chi connectivity index (χ1v) is 9.95. The summed E-state index contributed by atoms with van der Waals surface area (Å²) in [5.74, 6) is 1.03. The zero-order valence-corrected chi connectivity index (χ0v) is 15.2. The van der Waals surface area contributed by atoms with Gasteiger partial charge in [-0.2, -0.15) is 0 Å². The molecule has 5 heteroatoms. The molecular weight excluding hydrogens is 320 g/mol. The highest BCUT2D eigenvalue weighted by Crippen LogP contribution is 2.39. The summed E-state index contributed by atoms with van der Waals surface area (Å²) in [7, 11) is 0. The van der Waals surface area contributed by atoms with Gasteiger partial charge in [-0.15, -0.1) is 11.8 Å². The Morgan fingerprint density at radius 2 is 2.00 bits per heavy atom. The highest BCUT2D eigenvalue weighted by molar-refractivity contribution is 8.00. The van der Waals surface area contributed by atoms with Gasteiger partial charge in [-0.3, -0.25) is 9.59 Å². The van der Waals surface area contributed by atoms with E-state index >= 15 is 0 Å². The third-order valence-electron chi connectivity index (χ3n) is 4.77. The number of carbonyl (C=O) groups excluding carboxylic acids is 2. The minimum absolute atomic E-state index is 0.0218. The number of nitrogens with one attached hydrogen (secondary N) is 1. The van der Waals surface area contributed by atoms with Crippen molar-refractivity contribution in [1.29, 1.82) is 0 Å². The summed E-state index contributed by atoms with van der Waals surface area (Å²) < 4.78 is 0. The Kier molecular flexibility index (Phi) is 5.49. The van der Waals surface area contributed by atoms with Crippen LogP contribution in [0.5, 0.6) is 0 Å². The van der Waals surface area contributed by atoms with Crippen molar-refractivity contribution in [2.75, 3.05) is 5.75 Å². The van der Waals surface area contributed by atoms with Crippen LogP contribution in [0.2, 0.25) is 0 Å². The lowest BCUT2D eigenvalue weighted by atomic mass is 10.1. The van der Waals surface area contributed by atoms with Gasteiger partial charge >= 0.3 is 0 Å². The molecule has 1 aliphatic heterocycles. The van der Waals surface area contributed by atoms with Crippen molar-refractivity contribution in [2.45, 2.75) is 57.0 Å². The van der Waals surface area contributed by atoms with E-state index in [1.54, 1.807) is 11.8 Å². The minimum atomic E-state index is -0.328. The lowest BCUT2D eigenvalue weighted by Gasteiger charge is -2.29. The average molecular weight is 346 g/mol. The largest absolute Gasteiger partial charge is 0.348 e. The van der Waals surface area contributed by atoms with Gasteiger partial charge in [0.15, 0.2) is 0 Å². The molecule has 2 amide bonds. The van der Waals surface area contributed by atoms with Crippen molar-refractivity contribution in [2.24, 2.45) is 5.92 Å². The molecule has 24 heavy (non-hydrogen) atoms. The Morgan fingerprint density at radius 3 is 2.62 bits per heavy atom. The van der Waals surface area contributed by atoms with E-state index in [4.69, 9.17) is 0 Å². The Balaban J connectivity index is 1.69. The minimum Gasteiger partial charge on any atom is -0.348 e. The monoisotopic (exact) mass is 346 g/mol. The van der Waals surface area contributed by atoms with Gasteiger partial charge in [0.25, 0.3) is 0 Å². The summed E-state index contributed by atoms with van der Waals surface area (Å²) in [6, 6.07) is 9.57. The average Bonchev–Trinajstić information content (AvgIpc) is 3.36. The molecule has 4 nitrogen and oxygen atoms in total. The maximum Gasteiger partial charge on any atom is 0.244 e. The summed E-state index contributed by atoms with van der Waals surface area (Å²) in [5, 5.41) is 3.26. The van der Waals surface area contributed by atoms with Crippen LogP contribution in [0, 0.1) is 5.92 Å². The highest BCUT2D eigenvalue weighted by Gasteiger charge is 2.45. The van der Waals surface area contributed by atoms with Crippen LogP contribution < -0.4 is 5.32 Å². The molecule has 0 radical (unpaired) electrons. The molecule has 2 aliphatic rings. The second-order valence-corrected chi connectivity index (χ2v) is 7.96. The van der Waals surface area contributed by atoms with Gasteiger partial charge in [-0.05, 0) is 31.7 Å². The quantitative estimate of drug-likeness (QED) is 0.859. The highest BCUT2D eigenvalue weighted by atomic mass is 32.2. The lowest BCUT2D eigenvalue weighted by molar-refractivity contribution is -0.141. The van der Waals surface area contributed by atoms with Crippen LogP contribution in [0.25, 0.3) is 0 Å². The predicted octanol–water partition coefficient (Wildman–Crippen LogP) is 3.34. The van der Waals surface area contributed by atoms with E-state index in [1.807, 2.05) is 42.2 Å². The summed E-state index contributed by atoms with van der Waals surface area (Å²) in [4.78, 5) is 27.4. The smallest absolute Gasteiger partial charge is 0.244 e. The summed E-state index contributed by atoms with van der Waals surface area (Å²) in [6.07, 6.45) is 3.95. The van der Waals surface area contributed by atoms with Gasteiger partial charge in [-0.25, -0.2) is 0 Å². The molecule has 3 rings (SSSR count). The van der Waals surface area contributed by atoms with Gasteiger partial charge < -0.3 is 10.2 Å². The van der Waals surface area contributed by atoms with Crippen molar-refractivity contribution in [3.05, 3.63) is 35.9 Å². The fraction of sp³-hybridized carbons (Fsp3) is 0.579. The number of hydrogen-bond acceptors (Lipinski definition) is 3. The summed E-state index contributed by atoms with van der Waals surface area (Å²) >= 11 is 1.75. The molecular formula is C19H26N2O2S. The van der Waals surface area contributed by atoms with Crippen LogP contribution in [0.15, 0.2) is 30.3 Å². The van der Waals surface area contributed by atoms with E-state index in [1.165, 1.54) is 0 Å². The van der Waals surface area contributed by atoms with Gasteiger partial charge in [0.2, 0.25) is 11.8 Å². The molecule has 1 aromatic rings. The first kappa shape index (κ1) is 17.3. The van der Waals surface area contributed by atoms with Crippen LogP contribution in [-0.2, 0) is 9.59 Å². The van der Waals surface area contributed by atoms with Crippen molar-refractivity contribution in [3.8, 4) is 0 Å². The van der Waals surface area contributed by atoms with Crippen LogP contribution in [0.3, 0.4) is 0 Å². The molecule has 0 bridgehead atoms. The number of nitrogens with zero attached hydrogens (tertiary/aromatic N) is 1. The zero-order chi connectivity index (χ0) is 17.1. The van der Waals surface area contributed by atoms with Crippen LogP contribution in [-0.4, -0.2) is 33.9 Å². The van der Waals surface area contributed by atoms with E-state index in [9.17, 15) is 9.59 Å². The third-order valence-corrected chi connectivity index (χ3v) is 6.13. The molecule has 1 saturated heterocycles. The van der Waals surface area contributed by atoms with Gasteiger partial charge in [0.05, 0.1) is 11.4 Å². The molecule has 1 aliphatic carbocycles. The maximum atomic E-state index is 12.8. The molecule has 130 valence electrons. The van der Waals surface area contributed by atoms with Crippen LogP contribution in [0.1, 0.15) is 51.1 Å². The van der Waals surface area contributed by atoms with E-state index in [0.29, 0.717) is 5.75 Å². The molecule has 1 heterocycles. The Bertz CT molecular complexity index is 588. The van der Waals surface area contributed by atoms with Crippen molar-refractivity contribution < 1.29 is 9.59 Å². The second kappa shape index (κ2) is 7.60. The zero-order valence-electron chi connectivity index (χ0n) is 14.4. The summed E-state index contributed by atoms with van der Waals surface area (Å²) in [5.41, 5.74) is 1.08. The lowest BCUT2D eigenvalue weighted by Crippen LogP contribution is -2.50. The van der Waals surface area contributed by atoms with E-state index in [0.717, 1.165) is 31.2 Å². The molecule has 1 saturated carbocycles. The number of benzene rings is 1. The van der Waals surface area contributed by atoms with E-state index < -0.39 is 0 Å². The Labute approximate surface area is 148 Å². The van der Waals surface area contributed by atoms with E-state index in [2.05, 4.69) is 12.2 Å². The fourth-order valence-corrected chi connectivity index (χ4v) is 4.74. The number of hydrogen-bond donors (Lipinski definition) is 1. The Morgan fingerprint density at radius 1 is 1.29 bits per heavy atom. The first-order valence-electron chi connectivity index (χ1n) is 8.91. The second-order valence-electron chi connectivity index (χ2n) is 6.75. The molecule has 3 atom stereocenters. The van der Waals surface area contributed by atoms with Crippen molar-refractivity contribution in [1.82, 2.24) is 10.2 Å². The number of amides is 2. The maximum absolute atomic E-state index is 12.8.